The molecule has 0 aromatic heterocycles. The maximum Gasteiger partial charge on any atom is 0.256 e. The van der Waals surface area contributed by atoms with Crippen LogP contribution in [0.15, 0.2) is 18.2 Å². The minimum atomic E-state index is -0.437. The van der Waals surface area contributed by atoms with Gasteiger partial charge in [0.25, 0.3) is 5.91 Å². The number of nitrogen functional groups attached to an aromatic ring is 1. The lowest BCUT2D eigenvalue weighted by molar-refractivity contribution is 0.0249. The highest BCUT2D eigenvalue weighted by molar-refractivity contribution is 6.00. The molecule has 1 amide bonds. The summed E-state index contributed by atoms with van der Waals surface area (Å²) in [6.45, 7) is 4.97. The van der Waals surface area contributed by atoms with Crippen molar-refractivity contribution in [1.82, 2.24) is 4.90 Å². The number of anilines is 1. The van der Waals surface area contributed by atoms with Crippen LogP contribution in [-0.2, 0) is 0 Å². The van der Waals surface area contributed by atoms with Crippen LogP contribution in [0.25, 0.3) is 0 Å². The van der Waals surface area contributed by atoms with E-state index in [1.165, 1.54) is 0 Å². The number of likely N-dealkylation sites (tertiary alicyclic amines) is 1. The lowest BCUT2D eigenvalue weighted by Crippen LogP contribution is -2.46. The van der Waals surface area contributed by atoms with Crippen molar-refractivity contribution in [1.29, 1.82) is 0 Å². The van der Waals surface area contributed by atoms with Gasteiger partial charge in [-0.15, -0.1) is 0 Å². The molecular weight excluding hydrogens is 228 g/mol. The van der Waals surface area contributed by atoms with Gasteiger partial charge in [-0.2, -0.15) is 0 Å². The third-order valence-corrected chi connectivity index (χ3v) is 3.72. The second kappa shape index (κ2) is 4.98. The first-order valence-corrected chi connectivity index (χ1v) is 6.33. The SMILES string of the molecule is Cc1cccc(N)c1C(=O)N1CCC(C)C(O)C1. The molecule has 2 unspecified atom stereocenters. The number of benzene rings is 1. The molecule has 2 rings (SSSR count). The largest absolute Gasteiger partial charge is 0.398 e. The Labute approximate surface area is 107 Å². The van der Waals surface area contributed by atoms with Crippen LogP contribution in [0.1, 0.15) is 29.3 Å². The highest BCUT2D eigenvalue weighted by Crippen LogP contribution is 2.23. The molecule has 1 fully saturated rings. The molecular formula is C14H20N2O2. The average Bonchev–Trinajstić information content (AvgIpc) is 2.32. The Morgan fingerprint density at radius 3 is 2.83 bits per heavy atom. The fraction of sp³-hybridized carbons (Fsp3) is 0.500. The number of carbonyl (C=O) groups excluding carboxylic acids is 1. The van der Waals surface area contributed by atoms with Crippen LogP contribution >= 0.6 is 0 Å². The van der Waals surface area contributed by atoms with Crippen LogP contribution in [0.3, 0.4) is 0 Å². The lowest BCUT2D eigenvalue weighted by atomic mass is 9.95. The van der Waals surface area contributed by atoms with Gasteiger partial charge in [0, 0.05) is 18.8 Å². The van der Waals surface area contributed by atoms with Crippen LogP contribution < -0.4 is 5.73 Å². The maximum absolute atomic E-state index is 12.4. The van der Waals surface area contributed by atoms with Gasteiger partial charge in [0.1, 0.15) is 0 Å². The molecule has 98 valence electrons. The summed E-state index contributed by atoms with van der Waals surface area (Å²) < 4.78 is 0. The van der Waals surface area contributed by atoms with Gasteiger partial charge in [0.05, 0.1) is 11.7 Å². The van der Waals surface area contributed by atoms with Crippen molar-refractivity contribution in [2.24, 2.45) is 5.92 Å². The van der Waals surface area contributed by atoms with Crippen molar-refractivity contribution >= 4 is 11.6 Å². The van der Waals surface area contributed by atoms with Crippen LogP contribution in [0.4, 0.5) is 5.69 Å². The molecule has 1 aliphatic heterocycles. The highest BCUT2D eigenvalue weighted by atomic mass is 16.3. The van der Waals surface area contributed by atoms with Crippen molar-refractivity contribution in [2.45, 2.75) is 26.4 Å². The molecule has 4 heteroatoms. The van der Waals surface area contributed by atoms with E-state index in [2.05, 4.69) is 0 Å². The third kappa shape index (κ3) is 2.34. The number of nitrogens with zero attached hydrogens (tertiary/aromatic N) is 1. The predicted octanol–water partition coefficient (Wildman–Crippen LogP) is 1.42. The summed E-state index contributed by atoms with van der Waals surface area (Å²) in [5.41, 5.74) is 7.84. The molecule has 1 aromatic rings. The number of piperidine rings is 1. The first kappa shape index (κ1) is 12.9. The Balaban J connectivity index is 2.22. The Bertz CT molecular complexity index is 439. The predicted molar refractivity (Wildman–Crippen MR) is 71.3 cm³/mol. The van der Waals surface area contributed by atoms with Crippen molar-refractivity contribution < 1.29 is 9.90 Å². The fourth-order valence-corrected chi connectivity index (χ4v) is 2.37. The number of aryl methyl sites for hydroxylation is 1. The minimum absolute atomic E-state index is 0.0726. The third-order valence-electron chi connectivity index (χ3n) is 3.72. The molecule has 0 saturated carbocycles. The van der Waals surface area contributed by atoms with E-state index >= 15 is 0 Å². The highest BCUT2D eigenvalue weighted by Gasteiger charge is 2.29. The molecule has 0 radical (unpaired) electrons. The monoisotopic (exact) mass is 248 g/mol. The molecule has 0 spiro atoms. The zero-order valence-electron chi connectivity index (χ0n) is 10.9. The summed E-state index contributed by atoms with van der Waals surface area (Å²) in [4.78, 5) is 14.1. The van der Waals surface area contributed by atoms with E-state index in [9.17, 15) is 9.90 Å². The van der Waals surface area contributed by atoms with Gasteiger partial charge in [0.2, 0.25) is 0 Å². The summed E-state index contributed by atoms with van der Waals surface area (Å²) in [5.74, 6) is 0.180. The van der Waals surface area contributed by atoms with Crippen molar-refractivity contribution in [3.05, 3.63) is 29.3 Å². The molecule has 18 heavy (non-hydrogen) atoms. The molecule has 3 N–H and O–H groups in total. The Morgan fingerprint density at radius 2 is 2.22 bits per heavy atom. The minimum Gasteiger partial charge on any atom is -0.398 e. The topological polar surface area (TPSA) is 66.6 Å². The normalized spacial score (nSPS) is 24.1. The van der Waals surface area contributed by atoms with Gasteiger partial charge in [-0.1, -0.05) is 19.1 Å². The van der Waals surface area contributed by atoms with Crippen LogP contribution in [-0.4, -0.2) is 35.1 Å². The van der Waals surface area contributed by atoms with E-state index in [1.54, 1.807) is 11.0 Å². The van der Waals surface area contributed by atoms with Gasteiger partial charge in [-0.25, -0.2) is 0 Å². The zero-order valence-corrected chi connectivity index (χ0v) is 10.9. The van der Waals surface area contributed by atoms with Gasteiger partial charge >= 0.3 is 0 Å². The number of hydrogen-bond donors (Lipinski definition) is 2. The van der Waals surface area contributed by atoms with E-state index < -0.39 is 6.10 Å². The first-order chi connectivity index (χ1) is 8.50. The second-order valence-electron chi connectivity index (χ2n) is 5.12. The Kier molecular flexibility index (Phi) is 3.57. The number of aliphatic hydroxyl groups excluding tert-OH is 1. The quantitative estimate of drug-likeness (QED) is 0.739. The summed E-state index contributed by atoms with van der Waals surface area (Å²) in [7, 11) is 0. The van der Waals surface area contributed by atoms with E-state index in [0.717, 1.165) is 12.0 Å². The number of rotatable bonds is 1. The number of hydrogen-bond acceptors (Lipinski definition) is 3. The number of amides is 1. The molecule has 1 heterocycles. The molecule has 1 saturated heterocycles. The summed E-state index contributed by atoms with van der Waals surface area (Å²) in [5, 5.41) is 9.86. The van der Waals surface area contributed by atoms with E-state index in [0.29, 0.717) is 24.3 Å². The lowest BCUT2D eigenvalue weighted by Gasteiger charge is -2.34. The number of β-amino-alcohol motifs (C(OH)–C–C–N with tert-alkyl or cyclic N) is 1. The fourth-order valence-electron chi connectivity index (χ4n) is 2.37. The number of carbonyl (C=O) groups is 1. The van der Waals surface area contributed by atoms with Crippen LogP contribution in [0.5, 0.6) is 0 Å². The van der Waals surface area contributed by atoms with Gasteiger partial charge in [-0.05, 0) is 30.9 Å². The van der Waals surface area contributed by atoms with Crippen molar-refractivity contribution in [2.75, 3.05) is 18.8 Å². The van der Waals surface area contributed by atoms with E-state index in [-0.39, 0.29) is 11.8 Å². The first-order valence-electron chi connectivity index (χ1n) is 6.33. The smallest absolute Gasteiger partial charge is 0.256 e. The second-order valence-corrected chi connectivity index (χ2v) is 5.12. The molecule has 0 aliphatic carbocycles. The summed E-state index contributed by atoms with van der Waals surface area (Å²) in [6.07, 6.45) is 0.395. The Morgan fingerprint density at radius 1 is 1.50 bits per heavy atom. The van der Waals surface area contributed by atoms with Crippen molar-refractivity contribution in [3.8, 4) is 0 Å². The standard InChI is InChI=1S/C14H20N2O2/c1-9-6-7-16(8-12(9)17)14(18)13-10(2)4-3-5-11(13)15/h3-5,9,12,17H,6-8,15H2,1-2H3. The van der Waals surface area contributed by atoms with E-state index in [1.807, 2.05) is 26.0 Å². The van der Waals surface area contributed by atoms with Gasteiger partial charge in [0.15, 0.2) is 0 Å². The van der Waals surface area contributed by atoms with Crippen molar-refractivity contribution in [3.63, 3.8) is 0 Å². The summed E-state index contributed by atoms with van der Waals surface area (Å²) >= 11 is 0. The molecule has 2 atom stereocenters. The Hall–Kier alpha value is -1.55. The molecule has 0 bridgehead atoms. The van der Waals surface area contributed by atoms with Crippen LogP contribution in [0.2, 0.25) is 0 Å². The molecule has 1 aromatic carbocycles. The van der Waals surface area contributed by atoms with Crippen LogP contribution in [0, 0.1) is 12.8 Å². The maximum atomic E-state index is 12.4. The van der Waals surface area contributed by atoms with Gasteiger partial charge < -0.3 is 15.7 Å². The number of nitrogens with two attached hydrogens (primary N) is 1. The number of aliphatic hydroxyl groups is 1. The zero-order chi connectivity index (χ0) is 13.3. The molecule has 4 nitrogen and oxygen atoms in total. The summed E-state index contributed by atoms with van der Waals surface area (Å²) in [6, 6.07) is 5.46. The average molecular weight is 248 g/mol. The van der Waals surface area contributed by atoms with E-state index in [4.69, 9.17) is 5.73 Å². The van der Waals surface area contributed by atoms with Gasteiger partial charge in [-0.3, -0.25) is 4.79 Å². The molecule has 1 aliphatic rings.